The molecule has 1 saturated heterocycles. The lowest BCUT2D eigenvalue weighted by Crippen LogP contribution is -2.56. The second-order valence-corrected chi connectivity index (χ2v) is 4.98. The van der Waals surface area contributed by atoms with Gasteiger partial charge in [0.25, 0.3) is 5.91 Å². The second kappa shape index (κ2) is 6.32. The minimum atomic E-state index is -0.177. The Balaban J connectivity index is 1.63. The van der Waals surface area contributed by atoms with E-state index < -0.39 is 0 Å². The number of rotatable bonds is 4. The number of carbonyl (C=O) groups excluding carboxylic acids is 1. The van der Waals surface area contributed by atoms with Crippen LogP contribution in [0.2, 0.25) is 0 Å². The van der Waals surface area contributed by atoms with Gasteiger partial charge in [-0.2, -0.15) is 5.26 Å². The van der Waals surface area contributed by atoms with Crippen LogP contribution >= 0.6 is 0 Å². The molecule has 0 N–H and O–H groups in total. The van der Waals surface area contributed by atoms with Crippen molar-refractivity contribution in [2.75, 3.05) is 20.2 Å². The van der Waals surface area contributed by atoms with Crippen molar-refractivity contribution in [1.29, 1.82) is 5.26 Å². The molecular formula is C16H14N4O3. The topological polar surface area (TPSA) is 88.3 Å². The van der Waals surface area contributed by atoms with E-state index >= 15 is 0 Å². The highest BCUT2D eigenvalue weighted by Gasteiger charge is 2.34. The fourth-order valence-corrected chi connectivity index (χ4v) is 2.29. The number of pyridine rings is 2. The second-order valence-electron chi connectivity index (χ2n) is 4.98. The molecule has 2 aromatic rings. The van der Waals surface area contributed by atoms with Crippen LogP contribution in [-0.4, -0.2) is 47.1 Å². The highest BCUT2D eigenvalue weighted by Crippen LogP contribution is 2.23. The first-order valence-electron chi connectivity index (χ1n) is 7.03. The predicted molar refractivity (Wildman–Crippen MR) is 80.1 cm³/mol. The first kappa shape index (κ1) is 14.8. The van der Waals surface area contributed by atoms with Crippen molar-refractivity contribution >= 4 is 5.91 Å². The Morgan fingerprint density at radius 3 is 2.65 bits per heavy atom. The van der Waals surface area contributed by atoms with Crippen LogP contribution in [0, 0.1) is 11.3 Å². The van der Waals surface area contributed by atoms with Gasteiger partial charge in [-0.1, -0.05) is 0 Å². The van der Waals surface area contributed by atoms with Crippen LogP contribution in [0.5, 0.6) is 11.8 Å². The lowest BCUT2D eigenvalue weighted by Gasteiger charge is -2.38. The Hall–Kier alpha value is -3.14. The van der Waals surface area contributed by atoms with Crippen LogP contribution in [0.4, 0.5) is 0 Å². The number of amides is 1. The van der Waals surface area contributed by atoms with Gasteiger partial charge >= 0.3 is 0 Å². The molecule has 3 heterocycles. The van der Waals surface area contributed by atoms with Crippen molar-refractivity contribution in [3.05, 3.63) is 47.8 Å². The van der Waals surface area contributed by atoms with Crippen LogP contribution in [0.1, 0.15) is 15.9 Å². The SMILES string of the molecule is COc1ncccc1C(=O)N1CC(Oc2ncccc2C#N)C1. The standard InChI is InChI=1S/C16H14N4O3/c1-22-15-13(5-3-7-19-15)16(21)20-9-12(10-20)23-14-11(8-17)4-2-6-18-14/h2-7,12H,9-10H2,1H3. The first-order chi connectivity index (χ1) is 11.2. The minimum absolute atomic E-state index is 0.156. The molecule has 0 aliphatic carbocycles. The van der Waals surface area contributed by atoms with Gasteiger partial charge in [0, 0.05) is 12.4 Å². The van der Waals surface area contributed by atoms with E-state index in [2.05, 4.69) is 9.97 Å². The normalized spacial score (nSPS) is 13.8. The number of likely N-dealkylation sites (tertiary alicyclic amines) is 1. The summed E-state index contributed by atoms with van der Waals surface area (Å²) in [6, 6.07) is 8.72. The average molecular weight is 310 g/mol. The van der Waals surface area contributed by atoms with Gasteiger partial charge in [-0.3, -0.25) is 4.79 Å². The molecular weight excluding hydrogens is 296 g/mol. The van der Waals surface area contributed by atoms with E-state index in [4.69, 9.17) is 14.7 Å². The fourth-order valence-electron chi connectivity index (χ4n) is 2.29. The van der Waals surface area contributed by atoms with E-state index in [9.17, 15) is 4.79 Å². The number of nitriles is 1. The van der Waals surface area contributed by atoms with Gasteiger partial charge in [-0.15, -0.1) is 0 Å². The predicted octanol–water partition coefficient (Wildman–Crippen LogP) is 1.26. The van der Waals surface area contributed by atoms with Gasteiger partial charge in [0.1, 0.15) is 23.3 Å². The van der Waals surface area contributed by atoms with Gasteiger partial charge in [0.05, 0.1) is 20.2 Å². The zero-order chi connectivity index (χ0) is 16.2. The molecule has 23 heavy (non-hydrogen) atoms. The smallest absolute Gasteiger partial charge is 0.259 e. The number of ether oxygens (including phenoxy) is 2. The Morgan fingerprint density at radius 2 is 1.96 bits per heavy atom. The molecule has 0 unspecified atom stereocenters. The summed E-state index contributed by atoms with van der Waals surface area (Å²) in [4.78, 5) is 22.1. The van der Waals surface area contributed by atoms with Gasteiger partial charge < -0.3 is 14.4 Å². The van der Waals surface area contributed by atoms with E-state index in [-0.39, 0.29) is 12.0 Å². The zero-order valence-electron chi connectivity index (χ0n) is 12.5. The summed E-state index contributed by atoms with van der Waals surface area (Å²) >= 11 is 0. The summed E-state index contributed by atoms with van der Waals surface area (Å²) in [6.07, 6.45) is 2.96. The minimum Gasteiger partial charge on any atom is -0.480 e. The summed E-state index contributed by atoms with van der Waals surface area (Å²) in [7, 11) is 1.48. The number of aromatic nitrogens is 2. The molecule has 0 radical (unpaired) electrons. The van der Waals surface area contributed by atoms with Gasteiger partial charge in [0.2, 0.25) is 11.8 Å². The summed E-state index contributed by atoms with van der Waals surface area (Å²) in [6.45, 7) is 0.858. The number of methoxy groups -OCH3 is 1. The third kappa shape index (κ3) is 2.92. The van der Waals surface area contributed by atoms with Crippen LogP contribution in [0.3, 0.4) is 0 Å². The Bertz CT molecular complexity index is 766. The fraction of sp³-hybridized carbons (Fsp3) is 0.250. The van der Waals surface area contributed by atoms with E-state index in [0.29, 0.717) is 36.0 Å². The molecule has 1 aliphatic heterocycles. The molecule has 0 spiro atoms. The largest absolute Gasteiger partial charge is 0.480 e. The lowest BCUT2D eigenvalue weighted by molar-refractivity contribution is 0.0156. The van der Waals surface area contributed by atoms with E-state index in [1.54, 1.807) is 41.6 Å². The number of hydrogen-bond donors (Lipinski definition) is 0. The summed E-state index contributed by atoms with van der Waals surface area (Å²) in [5.41, 5.74) is 0.801. The van der Waals surface area contributed by atoms with Crippen molar-refractivity contribution < 1.29 is 14.3 Å². The molecule has 116 valence electrons. The van der Waals surface area contributed by atoms with Crippen LogP contribution in [0.15, 0.2) is 36.7 Å². The van der Waals surface area contributed by atoms with Crippen LogP contribution in [-0.2, 0) is 0 Å². The van der Waals surface area contributed by atoms with E-state index in [0.717, 1.165) is 0 Å². The number of hydrogen-bond acceptors (Lipinski definition) is 6. The Kier molecular flexibility index (Phi) is 4.06. The van der Waals surface area contributed by atoms with E-state index in [1.165, 1.54) is 7.11 Å². The number of nitrogens with zero attached hydrogens (tertiary/aromatic N) is 4. The molecule has 0 aromatic carbocycles. The molecule has 7 nitrogen and oxygen atoms in total. The van der Waals surface area contributed by atoms with Gasteiger partial charge in [-0.05, 0) is 24.3 Å². The third-order valence-electron chi connectivity index (χ3n) is 3.50. The summed E-state index contributed by atoms with van der Waals surface area (Å²) in [5.74, 6) is 0.445. The highest BCUT2D eigenvalue weighted by atomic mass is 16.5. The van der Waals surface area contributed by atoms with Crippen LogP contribution < -0.4 is 9.47 Å². The molecule has 0 saturated carbocycles. The van der Waals surface area contributed by atoms with Crippen molar-refractivity contribution in [3.8, 4) is 17.8 Å². The monoisotopic (exact) mass is 310 g/mol. The van der Waals surface area contributed by atoms with Crippen molar-refractivity contribution in [3.63, 3.8) is 0 Å². The van der Waals surface area contributed by atoms with Gasteiger partial charge in [-0.25, -0.2) is 9.97 Å². The molecule has 0 bridgehead atoms. The maximum absolute atomic E-state index is 12.4. The molecule has 7 heteroatoms. The Morgan fingerprint density at radius 1 is 1.26 bits per heavy atom. The third-order valence-corrected chi connectivity index (χ3v) is 3.50. The Labute approximate surface area is 133 Å². The van der Waals surface area contributed by atoms with Crippen molar-refractivity contribution in [2.45, 2.75) is 6.10 Å². The molecule has 1 amide bonds. The lowest BCUT2D eigenvalue weighted by atomic mass is 10.1. The highest BCUT2D eigenvalue weighted by molar-refractivity contribution is 5.96. The van der Waals surface area contributed by atoms with Crippen molar-refractivity contribution in [1.82, 2.24) is 14.9 Å². The average Bonchev–Trinajstić information content (AvgIpc) is 2.57. The van der Waals surface area contributed by atoms with Crippen LogP contribution in [0.25, 0.3) is 0 Å². The van der Waals surface area contributed by atoms with E-state index in [1.807, 2.05) is 6.07 Å². The summed E-state index contributed by atoms with van der Waals surface area (Å²) < 4.78 is 10.8. The molecule has 2 aromatic heterocycles. The molecule has 0 atom stereocenters. The number of carbonyl (C=O) groups is 1. The first-order valence-corrected chi connectivity index (χ1v) is 7.03. The summed E-state index contributed by atoms with van der Waals surface area (Å²) in [5, 5.41) is 9.01. The molecule has 1 aliphatic rings. The maximum Gasteiger partial charge on any atom is 0.259 e. The molecule has 3 rings (SSSR count). The maximum atomic E-state index is 12.4. The quantitative estimate of drug-likeness (QED) is 0.844. The van der Waals surface area contributed by atoms with Crippen molar-refractivity contribution in [2.24, 2.45) is 0 Å². The molecule has 1 fully saturated rings. The zero-order valence-corrected chi connectivity index (χ0v) is 12.5. The van der Waals surface area contributed by atoms with Gasteiger partial charge in [0.15, 0.2) is 0 Å².